The van der Waals surface area contributed by atoms with Crippen molar-refractivity contribution >= 4 is 0 Å². The Balaban J connectivity index is 2.74. The van der Waals surface area contributed by atoms with Crippen molar-refractivity contribution < 1.29 is 14.4 Å². The number of methoxy groups -OCH3 is 1. The Morgan fingerprint density at radius 1 is 1.69 bits per heavy atom. The van der Waals surface area contributed by atoms with Crippen molar-refractivity contribution in [1.82, 2.24) is 10.1 Å². The zero-order valence-corrected chi connectivity index (χ0v) is 7.60. The predicted octanol–water partition coefficient (Wildman–Crippen LogP) is -0.231. The van der Waals surface area contributed by atoms with Crippen molar-refractivity contribution in [3.05, 3.63) is 11.7 Å². The zero-order valence-electron chi connectivity index (χ0n) is 7.60. The van der Waals surface area contributed by atoms with Gasteiger partial charge in [0.25, 0.3) is 5.89 Å². The van der Waals surface area contributed by atoms with Gasteiger partial charge in [-0.25, -0.2) is 0 Å². The number of nitrogens with zero attached hydrogens (tertiary/aromatic N) is 2. The van der Waals surface area contributed by atoms with Crippen molar-refractivity contribution in [2.75, 3.05) is 13.7 Å². The van der Waals surface area contributed by atoms with Crippen molar-refractivity contribution in [3.63, 3.8) is 0 Å². The van der Waals surface area contributed by atoms with E-state index in [2.05, 4.69) is 10.1 Å². The van der Waals surface area contributed by atoms with E-state index in [4.69, 9.17) is 20.1 Å². The molecule has 1 heterocycles. The average molecular weight is 187 g/mol. The molecule has 0 radical (unpaired) electrons. The minimum absolute atomic E-state index is 0.208. The molecule has 74 valence electrons. The van der Waals surface area contributed by atoms with Gasteiger partial charge in [-0.2, -0.15) is 4.98 Å². The van der Waals surface area contributed by atoms with Gasteiger partial charge in [0.1, 0.15) is 6.10 Å². The molecule has 1 aromatic heterocycles. The van der Waals surface area contributed by atoms with Crippen LogP contribution in [-0.4, -0.2) is 29.0 Å². The van der Waals surface area contributed by atoms with Crippen molar-refractivity contribution in [2.24, 2.45) is 5.73 Å². The molecule has 1 rings (SSSR count). The summed E-state index contributed by atoms with van der Waals surface area (Å²) < 4.78 is 9.83. The van der Waals surface area contributed by atoms with Crippen molar-refractivity contribution in [3.8, 4) is 0 Å². The highest BCUT2D eigenvalue weighted by Crippen LogP contribution is 2.14. The van der Waals surface area contributed by atoms with Gasteiger partial charge in [-0.05, 0) is 6.92 Å². The molecular weight excluding hydrogens is 174 g/mol. The van der Waals surface area contributed by atoms with Crippen LogP contribution in [0.25, 0.3) is 0 Å². The normalized spacial score (nSPS) is 15.7. The Hall–Kier alpha value is -0.980. The van der Waals surface area contributed by atoms with Crippen LogP contribution in [0.15, 0.2) is 4.52 Å². The maximum atomic E-state index is 8.72. The molecule has 6 nitrogen and oxygen atoms in total. The Bertz CT molecular complexity index is 239. The highest BCUT2D eigenvalue weighted by molar-refractivity contribution is 4.94. The van der Waals surface area contributed by atoms with Crippen LogP contribution in [0.3, 0.4) is 0 Å². The standard InChI is InChI=1S/C7H13N3O3/c1-4(12-2)7-9-6(10-13-7)5(8)3-11/h4-5,11H,3,8H2,1-2H3. The van der Waals surface area contributed by atoms with E-state index < -0.39 is 6.04 Å². The minimum atomic E-state index is -0.596. The van der Waals surface area contributed by atoms with Gasteiger partial charge in [0.15, 0.2) is 5.82 Å². The molecular formula is C7H13N3O3. The largest absolute Gasteiger partial charge is 0.394 e. The molecule has 3 N–H and O–H groups in total. The van der Waals surface area contributed by atoms with Gasteiger partial charge >= 0.3 is 0 Å². The van der Waals surface area contributed by atoms with E-state index in [1.54, 1.807) is 14.0 Å². The summed E-state index contributed by atoms with van der Waals surface area (Å²) >= 11 is 0. The van der Waals surface area contributed by atoms with E-state index in [-0.39, 0.29) is 12.7 Å². The number of nitrogens with two attached hydrogens (primary N) is 1. The molecule has 0 saturated carbocycles. The maximum Gasteiger partial charge on any atom is 0.255 e. The number of rotatable bonds is 4. The van der Waals surface area contributed by atoms with Gasteiger partial charge in [0, 0.05) is 7.11 Å². The minimum Gasteiger partial charge on any atom is -0.394 e. The molecule has 0 amide bonds. The molecule has 13 heavy (non-hydrogen) atoms. The lowest BCUT2D eigenvalue weighted by Crippen LogP contribution is -2.16. The summed E-state index contributed by atoms with van der Waals surface area (Å²) in [4.78, 5) is 3.96. The molecule has 0 aliphatic heterocycles. The monoisotopic (exact) mass is 187 g/mol. The van der Waals surface area contributed by atoms with Gasteiger partial charge in [0.2, 0.25) is 0 Å². The zero-order chi connectivity index (χ0) is 9.84. The molecule has 0 aliphatic carbocycles. The Morgan fingerprint density at radius 3 is 2.92 bits per heavy atom. The van der Waals surface area contributed by atoms with Gasteiger partial charge in [-0.15, -0.1) is 0 Å². The molecule has 1 aromatic rings. The number of hydrogen-bond donors (Lipinski definition) is 2. The first-order valence-electron chi connectivity index (χ1n) is 3.91. The van der Waals surface area contributed by atoms with Gasteiger partial charge in [-0.1, -0.05) is 5.16 Å². The number of aliphatic hydroxyl groups is 1. The molecule has 0 bridgehead atoms. The first-order valence-corrected chi connectivity index (χ1v) is 3.91. The fourth-order valence-electron chi connectivity index (χ4n) is 0.745. The third-order valence-corrected chi connectivity index (χ3v) is 1.69. The van der Waals surface area contributed by atoms with E-state index in [1.807, 2.05) is 0 Å². The van der Waals surface area contributed by atoms with Crippen LogP contribution in [0, 0.1) is 0 Å². The average Bonchev–Trinajstić information content (AvgIpc) is 2.64. The summed E-state index contributed by atoms with van der Waals surface area (Å²) in [6, 6.07) is -0.596. The summed E-state index contributed by atoms with van der Waals surface area (Å²) in [5.41, 5.74) is 5.47. The molecule has 2 atom stereocenters. The first kappa shape index (κ1) is 10.1. The predicted molar refractivity (Wildman–Crippen MR) is 43.7 cm³/mol. The lowest BCUT2D eigenvalue weighted by atomic mass is 10.3. The maximum absolute atomic E-state index is 8.72. The second kappa shape index (κ2) is 4.31. The molecule has 0 aromatic carbocycles. The van der Waals surface area contributed by atoms with Gasteiger partial charge < -0.3 is 20.1 Å². The summed E-state index contributed by atoms with van der Waals surface area (Å²) in [6.07, 6.45) is -0.257. The first-order chi connectivity index (χ1) is 6.19. The van der Waals surface area contributed by atoms with E-state index in [9.17, 15) is 0 Å². The summed E-state index contributed by atoms with van der Waals surface area (Å²) in [7, 11) is 1.54. The number of aromatic nitrogens is 2. The van der Waals surface area contributed by atoms with E-state index in [0.717, 1.165) is 0 Å². The highest BCUT2D eigenvalue weighted by Gasteiger charge is 2.16. The second-order valence-electron chi connectivity index (χ2n) is 2.66. The second-order valence-corrected chi connectivity index (χ2v) is 2.66. The van der Waals surface area contributed by atoms with Crippen LogP contribution in [-0.2, 0) is 4.74 Å². The van der Waals surface area contributed by atoms with Crippen LogP contribution in [0.2, 0.25) is 0 Å². The third kappa shape index (κ3) is 2.24. The Morgan fingerprint density at radius 2 is 2.38 bits per heavy atom. The van der Waals surface area contributed by atoms with E-state index in [0.29, 0.717) is 11.7 Å². The lowest BCUT2D eigenvalue weighted by Gasteiger charge is -2.01. The Kier molecular flexibility index (Phi) is 3.35. The quantitative estimate of drug-likeness (QED) is 0.676. The Labute approximate surface area is 75.7 Å². The molecule has 0 saturated heterocycles. The van der Waals surface area contributed by atoms with Crippen molar-refractivity contribution in [1.29, 1.82) is 0 Å². The number of aliphatic hydroxyl groups excluding tert-OH is 1. The molecule has 2 unspecified atom stereocenters. The summed E-state index contributed by atoms with van der Waals surface area (Å²) in [6.45, 7) is 1.57. The van der Waals surface area contributed by atoms with E-state index >= 15 is 0 Å². The van der Waals surface area contributed by atoms with Crippen LogP contribution in [0.1, 0.15) is 30.8 Å². The molecule has 0 spiro atoms. The smallest absolute Gasteiger partial charge is 0.255 e. The molecule has 0 aliphatic rings. The number of ether oxygens (including phenoxy) is 1. The highest BCUT2D eigenvalue weighted by atomic mass is 16.5. The fraction of sp³-hybridized carbons (Fsp3) is 0.714. The van der Waals surface area contributed by atoms with Crippen LogP contribution < -0.4 is 5.73 Å². The van der Waals surface area contributed by atoms with Gasteiger partial charge in [0.05, 0.1) is 12.6 Å². The third-order valence-electron chi connectivity index (χ3n) is 1.69. The summed E-state index contributed by atoms with van der Waals surface area (Å²) in [5.74, 6) is 0.655. The SMILES string of the molecule is COC(C)c1nc(C(N)CO)no1. The van der Waals surface area contributed by atoms with Crippen LogP contribution in [0.5, 0.6) is 0 Å². The van der Waals surface area contributed by atoms with Crippen LogP contribution in [0.4, 0.5) is 0 Å². The molecule has 0 fully saturated rings. The van der Waals surface area contributed by atoms with E-state index in [1.165, 1.54) is 0 Å². The topological polar surface area (TPSA) is 94.4 Å². The lowest BCUT2D eigenvalue weighted by molar-refractivity contribution is 0.0886. The van der Waals surface area contributed by atoms with Crippen LogP contribution >= 0.6 is 0 Å². The van der Waals surface area contributed by atoms with Gasteiger partial charge in [-0.3, -0.25) is 0 Å². The summed E-state index contributed by atoms with van der Waals surface area (Å²) in [5, 5.41) is 12.3. The fourth-order valence-corrected chi connectivity index (χ4v) is 0.745. The molecule has 6 heteroatoms. The number of hydrogen-bond acceptors (Lipinski definition) is 6. The van der Waals surface area contributed by atoms with Crippen molar-refractivity contribution in [2.45, 2.75) is 19.1 Å².